The van der Waals surface area contributed by atoms with E-state index in [-0.39, 0.29) is 6.04 Å². The topological polar surface area (TPSA) is 44.5 Å². The highest BCUT2D eigenvalue weighted by Crippen LogP contribution is 2.26. The van der Waals surface area contributed by atoms with E-state index in [9.17, 15) is 0 Å². The summed E-state index contributed by atoms with van der Waals surface area (Å²) in [6, 6.07) is 7.99. The molecular formula is C14H21NO2S. The van der Waals surface area contributed by atoms with Crippen molar-refractivity contribution in [2.24, 2.45) is 5.73 Å². The summed E-state index contributed by atoms with van der Waals surface area (Å²) >= 11 is 1.87. The Morgan fingerprint density at radius 2 is 2.33 bits per heavy atom. The third-order valence-electron chi connectivity index (χ3n) is 3.16. The smallest absolute Gasteiger partial charge is 0.123 e. The molecule has 0 radical (unpaired) electrons. The Labute approximate surface area is 113 Å². The second-order valence-corrected chi connectivity index (χ2v) is 5.60. The van der Waals surface area contributed by atoms with Crippen LogP contribution in [0.15, 0.2) is 24.3 Å². The Hall–Kier alpha value is -0.710. The van der Waals surface area contributed by atoms with Gasteiger partial charge in [-0.2, -0.15) is 11.8 Å². The first-order chi connectivity index (χ1) is 8.81. The Morgan fingerprint density at radius 3 is 3.06 bits per heavy atom. The molecule has 3 nitrogen and oxygen atoms in total. The molecule has 1 saturated heterocycles. The van der Waals surface area contributed by atoms with Crippen LogP contribution in [0.25, 0.3) is 0 Å². The van der Waals surface area contributed by atoms with E-state index in [1.807, 2.05) is 36.0 Å². The van der Waals surface area contributed by atoms with Gasteiger partial charge in [0.05, 0.1) is 13.2 Å². The van der Waals surface area contributed by atoms with Crippen molar-refractivity contribution in [3.63, 3.8) is 0 Å². The van der Waals surface area contributed by atoms with Crippen molar-refractivity contribution < 1.29 is 9.47 Å². The summed E-state index contributed by atoms with van der Waals surface area (Å²) in [5.41, 5.74) is 7.30. The maximum absolute atomic E-state index is 6.21. The third kappa shape index (κ3) is 3.64. The first-order valence-corrected chi connectivity index (χ1v) is 7.54. The van der Waals surface area contributed by atoms with Crippen LogP contribution in [0.1, 0.15) is 24.4 Å². The van der Waals surface area contributed by atoms with Crippen molar-refractivity contribution in [1.82, 2.24) is 0 Å². The van der Waals surface area contributed by atoms with E-state index in [2.05, 4.69) is 0 Å². The van der Waals surface area contributed by atoms with Gasteiger partial charge in [0.2, 0.25) is 0 Å². The summed E-state index contributed by atoms with van der Waals surface area (Å²) in [7, 11) is 1.69. The fraction of sp³-hybridized carbons (Fsp3) is 0.571. The molecule has 2 unspecified atom stereocenters. The number of hydrogen-bond acceptors (Lipinski definition) is 4. The highest BCUT2D eigenvalue weighted by molar-refractivity contribution is 7.99. The van der Waals surface area contributed by atoms with Crippen molar-refractivity contribution in [2.45, 2.75) is 25.0 Å². The Bertz CT molecular complexity index is 367. The summed E-state index contributed by atoms with van der Waals surface area (Å²) in [6.07, 6.45) is 2.82. The van der Waals surface area contributed by atoms with Gasteiger partial charge in [-0.25, -0.2) is 0 Å². The predicted molar refractivity (Wildman–Crippen MR) is 76.2 cm³/mol. The molecule has 18 heavy (non-hydrogen) atoms. The molecule has 1 aromatic carbocycles. The normalized spacial score (nSPS) is 20.9. The SMILES string of the molecule is COc1ccccc1C(N)CSCC1CCCO1. The van der Waals surface area contributed by atoms with Crippen LogP contribution < -0.4 is 10.5 Å². The lowest BCUT2D eigenvalue weighted by Gasteiger charge is -2.16. The van der Waals surface area contributed by atoms with Gasteiger partial charge in [0.1, 0.15) is 5.75 Å². The van der Waals surface area contributed by atoms with Crippen LogP contribution in [0.2, 0.25) is 0 Å². The number of hydrogen-bond donors (Lipinski definition) is 1. The number of benzene rings is 1. The van der Waals surface area contributed by atoms with Gasteiger partial charge in [0.15, 0.2) is 0 Å². The van der Waals surface area contributed by atoms with Gasteiger partial charge in [-0.05, 0) is 18.9 Å². The molecule has 2 N–H and O–H groups in total. The van der Waals surface area contributed by atoms with Gasteiger partial charge in [-0.15, -0.1) is 0 Å². The molecular weight excluding hydrogens is 246 g/mol. The van der Waals surface area contributed by atoms with Crippen molar-refractivity contribution in [3.05, 3.63) is 29.8 Å². The zero-order chi connectivity index (χ0) is 12.8. The number of para-hydroxylation sites is 1. The minimum absolute atomic E-state index is 0.0209. The molecule has 1 aromatic rings. The van der Waals surface area contributed by atoms with Crippen LogP contribution in [0.3, 0.4) is 0 Å². The van der Waals surface area contributed by atoms with Crippen LogP contribution in [-0.4, -0.2) is 31.3 Å². The second kappa shape index (κ2) is 7.02. The van der Waals surface area contributed by atoms with Crippen LogP contribution in [0, 0.1) is 0 Å². The van der Waals surface area contributed by atoms with Gasteiger partial charge in [-0.3, -0.25) is 0 Å². The predicted octanol–water partition coefficient (Wildman–Crippen LogP) is 2.61. The maximum atomic E-state index is 6.21. The molecule has 100 valence electrons. The molecule has 2 atom stereocenters. The number of ether oxygens (including phenoxy) is 2. The summed E-state index contributed by atoms with van der Waals surface area (Å²) in [4.78, 5) is 0. The number of thioether (sulfide) groups is 1. The molecule has 0 aromatic heterocycles. The molecule has 0 saturated carbocycles. The molecule has 2 rings (SSSR count). The average molecular weight is 267 g/mol. The minimum atomic E-state index is 0.0209. The molecule has 0 bridgehead atoms. The minimum Gasteiger partial charge on any atom is -0.496 e. The summed E-state index contributed by atoms with van der Waals surface area (Å²) in [5.74, 6) is 2.83. The largest absolute Gasteiger partial charge is 0.496 e. The molecule has 4 heteroatoms. The van der Waals surface area contributed by atoms with Crippen molar-refractivity contribution in [3.8, 4) is 5.75 Å². The standard InChI is InChI=1S/C14H21NO2S/c1-16-14-7-3-2-6-12(14)13(15)10-18-9-11-5-4-8-17-11/h2-3,6-7,11,13H,4-5,8-10,15H2,1H3. The lowest BCUT2D eigenvalue weighted by atomic mass is 10.1. The van der Waals surface area contributed by atoms with E-state index in [0.717, 1.165) is 29.4 Å². The molecule has 0 aliphatic carbocycles. The number of nitrogens with two attached hydrogens (primary N) is 1. The molecule has 1 fully saturated rings. The van der Waals surface area contributed by atoms with E-state index < -0.39 is 0 Å². The Kier molecular flexibility index (Phi) is 5.35. The van der Waals surface area contributed by atoms with Gasteiger partial charge in [-0.1, -0.05) is 18.2 Å². The Balaban J connectivity index is 1.81. The van der Waals surface area contributed by atoms with Crippen LogP contribution in [0.4, 0.5) is 0 Å². The van der Waals surface area contributed by atoms with Crippen molar-refractivity contribution in [1.29, 1.82) is 0 Å². The quantitative estimate of drug-likeness (QED) is 0.860. The van der Waals surface area contributed by atoms with Gasteiger partial charge in [0, 0.05) is 29.7 Å². The summed E-state index contributed by atoms with van der Waals surface area (Å²) in [5, 5.41) is 0. The zero-order valence-electron chi connectivity index (χ0n) is 10.8. The first kappa shape index (κ1) is 13.7. The summed E-state index contributed by atoms with van der Waals surface area (Å²) in [6.45, 7) is 0.920. The van der Waals surface area contributed by atoms with E-state index in [0.29, 0.717) is 6.10 Å². The van der Waals surface area contributed by atoms with Crippen LogP contribution in [-0.2, 0) is 4.74 Å². The van der Waals surface area contributed by atoms with E-state index in [1.165, 1.54) is 12.8 Å². The first-order valence-electron chi connectivity index (χ1n) is 6.39. The molecule has 0 amide bonds. The maximum Gasteiger partial charge on any atom is 0.123 e. The third-order valence-corrected chi connectivity index (χ3v) is 4.37. The molecule has 1 aliphatic heterocycles. The van der Waals surface area contributed by atoms with Crippen molar-refractivity contribution >= 4 is 11.8 Å². The lowest BCUT2D eigenvalue weighted by Crippen LogP contribution is -2.16. The zero-order valence-corrected chi connectivity index (χ0v) is 11.6. The monoisotopic (exact) mass is 267 g/mol. The van der Waals surface area contributed by atoms with Gasteiger partial charge in [0.25, 0.3) is 0 Å². The van der Waals surface area contributed by atoms with Crippen molar-refractivity contribution in [2.75, 3.05) is 25.2 Å². The Morgan fingerprint density at radius 1 is 1.50 bits per heavy atom. The van der Waals surface area contributed by atoms with E-state index in [1.54, 1.807) is 7.11 Å². The van der Waals surface area contributed by atoms with Gasteiger partial charge < -0.3 is 15.2 Å². The number of rotatable bonds is 6. The highest BCUT2D eigenvalue weighted by Gasteiger charge is 2.17. The second-order valence-electron chi connectivity index (χ2n) is 4.52. The van der Waals surface area contributed by atoms with E-state index >= 15 is 0 Å². The lowest BCUT2D eigenvalue weighted by molar-refractivity contribution is 0.129. The molecule has 0 spiro atoms. The molecule has 1 heterocycles. The summed E-state index contributed by atoms with van der Waals surface area (Å²) < 4.78 is 10.9. The molecule has 1 aliphatic rings. The van der Waals surface area contributed by atoms with Crippen LogP contribution >= 0.6 is 11.8 Å². The fourth-order valence-corrected chi connectivity index (χ4v) is 3.26. The fourth-order valence-electron chi connectivity index (χ4n) is 2.16. The van der Waals surface area contributed by atoms with Crippen LogP contribution in [0.5, 0.6) is 5.75 Å². The average Bonchev–Trinajstić information content (AvgIpc) is 2.91. The van der Waals surface area contributed by atoms with Gasteiger partial charge >= 0.3 is 0 Å². The number of methoxy groups -OCH3 is 1. The highest BCUT2D eigenvalue weighted by atomic mass is 32.2. The van der Waals surface area contributed by atoms with E-state index in [4.69, 9.17) is 15.2 Å².